The van der Waals surface area contributed by atoms with Gasteiger partial charge in [0.1, 0.15) is 0 Å². The summed E-state index contributed by atoms with van der Waals surface area (Å²) in [5, 5.41) is 1.04. The van der Waals surface area contributed by atoms with Crippen molar-refractivity contribution in [1.82, 2.24) is 4.98 Å². The molecule has 0 saturated carbocycles. The number of rotatable bonds is 3. The molecular weight excluding hydrogens is 208 g/mol. The van der Waals surface area contributed by atoms with Crippen LogP contribution in [0.25, 0.3) is 0 Å². The first-order valence-corrected chi connectivity index (χ1v) is 6.21. The van der Waals surface area contributed by atoms with Crippen molar-refractivity contribution in [3.8, 4) is 0 Å². The predicted octanol–water partition coefficient (Wildman–Crippen LogP) is 2.24. The lowest BCUT2D eigenvalue weighted by Crippen LogP contribution is -2.08. The second-order valence-corrected chi connectivity index (χ2v) is 4.87. The minimum absolute atomic E-state index is 0.412. The number of hydrogen-bond donors (Lipinski definition) is 1. The SMILES string of the molecule is Cc1cc(SCC2CCCO2)ncc1N. The molecule has 1 saturated heterocycles. The molecule has 3 nitrogen and oxygen atoms in total. The molecule has 1 fully saturated rings. The van der Waals surface area contributed by atoms with Crippen molar-refractivity contribution in [3.63, 3.8) is 0 Å². The first-order chi connectivity index (χ1) is 7.25. The van der Waals surface area contributed by atoms with Gasteiger partial charge in [-0.3, -0.25) is 0 Å². The average molecular weight is 224 g/mol. The van der Waals surface area contributed by atoms with E-state index < -0.39 is 0 Å². The minimum atomic E-state index is 0.412. The largest absolute Gasteiger partial charge is 0.397 e. The molecule has 4 heteroatoms. The van der Waals surface area contributed by atoms with E-state index in [-0.39, 0.29) is 0 Å². The molecule has 0 aromatic carbocycles. The molecule has 1 aromatic rings. The number of aromatic nitrogens is 1. The number of nitrogens with zero attached hydrogens (tertiary/aromatic N) is 1. The fourth-order valence-electron chi connectivity index (χ4n) is 1.57. The summed E-state index contributed by atoms with van der Waals surface area (Å²) in [5.74, 6) is 0.996. The lowest BCUT2D eigenvalue weighted by Gasteiger charge is -2.08. The molecular formula is C11H16N2OS. The summed E-state index contributed by atoms with van der Waals surface area (Å²) in [7, 11) is 0. The van der Waals surface area contributed by atoms with Gasteiger partial charge >= 0.3 is 0 Å². The van der Waals surface area contributed by atoms with Gasteiger partial charge in [-0.2, -0.15) is 0 Å². The summed E-state index contributed by atoms with van der Waals surface area (Å²) in [6.07, 6.45) is 4.52. The van der Waals surface area contributed by atoms with Crippen molar-refractivity contribution in [2.75, 3.05) is 18.1 Å². The van der Waals surface area contributed by atoms with E-state index in [0.717, 1.165) is 28.6 Å². The number of nitrogens with two attached hydrogens (primary N) is 1. The molecule has 1 aliphatic rings. The van der Waals surface area contributed by atoms with Gasteiger partial charge in [0, 0.05) is 12.4 Å². The summed E-state index contributed by atoms with van der Waals surface area (Å²) in [6.45, 7) is 2.92. The summed E-state index contributed by atoms with van der Waals surface area (Å²) in [6, 6.07) is 2.04. The Morgan fingerprint density at radius 1 is 1.67 bits per heavy atom. The zero-order chi connectivity index (χ0) is 10.7. The van der Waals surface area contributed by atoms with E-state index in [2.05, 4.69) is 4.98 Å². The van der Waals surface area contributed by atoms with Crippen LogP contribution in [0.2, 0.25) is 0 Å². The molecule has 0 bridgehead atoms. The van der Waals surface area contributed by atoms with E-state index >= 15 is 0 Å². The van der Waals surface area contributed by atoms with Crippen LogP contribution >= 0.6 is 11.8 Å². The summed E-state index contributed by atoms with van der Waals surface area (Å²) in [5.41, 5.74) is 7.57. The first-order valence-electron chi connectivity index (χ1n) is 5.22. The molecule has 2 N–H and O–H groups in total. The van der Waals surface area contributed by atoms with Crippen LogP contribution in [0.4, 0.5) is 5.69 Å². The monoisotopic (exact) mass is 224 g/mol. The lowest BCUT2D eigenvalue weighted by molar-refractivity contribution is 0.129. The van der Waals surface area contributed by atoms with Gasteiger partial charge in [-0.1, -0.05) is 0 Å². The van der Waals surface area contributed by atoms with Gasteiger partial charge in [-0.05, 0) is 31.4 Å². The van der Waals surface area contributed by atoms with E-state index in [1.165, 1.54) is 12.8 Å². The summed E-state index contributed by atoms with van der Waals surface area (Å²) >= 11 is 1.75. The van der Waals surface area contributed by atoms with Crippen molar-refractivity contribution in [1.29, 1.82) is 0 Å². The Labute approximate surface area is 94.4 Å². The highest BCUT2D eigenvalue weighted by molar-refractivity contribution is 7.99. The van der Waals surface area contributed by atoms with E-state index in [0.29, 0.717) is 6.10 Å². The van der Waals surface area contributed by atoms with Crippen LogP contribution < -0.4 is 5.73 Å². The smallest absolute Gasteiger partial charge is 0.0965 e. The third-order valence-electron chi connectivity index (χ3n) is 2.57. The Hall–Kier alpha value is -0.740. The molecule has 2 rings (SSSR count). The summed E-state index contributed by atoms with van der Waals surface area (Å²) < 4.78 is 5.56. The standard InChI is InChI=1S/C11H16N2OS/c1-8-5-11(13-6-10(8)12)15-7-9-3-2-4-14-9/h5-6,9H,2-4,7,12H2,1H3. The van der Waals surface area contributed by atoms with Crippen molar-refractivity contribution in [2.45, 2.75) is 30.9 Å². The highest BCUT2D eigenvalue weighted by Crippen LogP contribution is 2.24. The highest BCUT2D eigenvalue weighted by atomic mass is 32.2. The normalized spacial score (nSPS) is 20.7. The van der Waals surface area contributed by atoms with Gasteiger partial charge in [0.25, 0.3) is 0 Å². The molecule has 0 amide bonds. The Bertz CT molecular complexity index is 337. The number of pyridine rings is 1. The third kappa shape index (κ3) is 2.86. The van der Waals surface area contributed by atoms with Crippen molar-refractivity contribution in [3.05, 3.63) is 17.8 Å². The number of anilines is 1. The second-order valence-electron chi connectivity index (χ2n) is 3.83. The van der Waals surface area contributed by atoms with E-state index in [4.69, 9.17) is 10.5 Å². The van der Waals surface area contributed by atoms with Crippen LogP contribution in [0.3, 0.4) is 0 Å². The number of ether oxygens (including phenoxy) is 1. The third-order valence-corrected chi connectivity index (χ3v) is 3.62. The van der Waals surface area contributed by atoms with Crippen LogP contribution in [-0.2, 0) is 4.74 Å². The van der Waals surface area contributed by atoms with Gasteiger partial charge in [0.15, 0.2) is 0 Å². The predicted molar refractivity (Wildman–Crippen MR) is 63.1 cm³/mol. The summed E-state index contributed by atoms with van der Waals surface area (Å²) in [4.78, 5) is 4.28. The molecule has 0 radical (unpaired) electrons. The molecule has 1 aliphatic heterocycles. The maximum Gasteiger partial charge on any atom is 0.0965 e. The number of hydrogen-bond acceptors (Lipinski definition) is 4. The Morgan fingerprint density at radius 2 is 2.53 bits per heavy atom. The van der Waals surface area contributed by atoms with Crippen LogP contribution in [0.15, 0.2) is 17.3 Å². The van der Waals surface area contributed by atoms with Crippen LogP contribution in [0.5, 0.6) is 0 Å². The Kier molecular flexibility index (Phi) is 3.49. The lowest BCUT2D eigenvalue weighted by atomic mass is 10.3. The van der Waals surface area contributed by atoms with Crippen molar-refractivity contribution in [2.24, 2.45) is 0 Å². The fourth-order valence-corrected chi connectivity index (χ4v) is 2.58. The van der Waals surface area contributed by atoms with E-state index in [1.54, 1.807) is 18.0 Å². The molecule has 82 valence electrons. The van der Waals surface area contributed by atoms with Gasteiger partial charge in [0.2, 0.25) is 0 Å². The Morgan fingerprint density at radius 3 is 3.20 bits per heavy atom. The topological polar surface area (TPSA) is 48.1 Å². The van der Waals surface area contributed by atoms with Gasteiger partial charge in [-0.25, -0.2) is 4.98 Å². The quantitative estimate of drug-likeness (QED) is 0.800. The first kappa shape index (κ1) is 10.8. The van der Waals surface area contributed by atoms with Crippen molar-refractivity contribution >= 4 is 17.4 Å². The van der Waals surface area contributed by atoms with Crippen LogP contribution in [0, 0.1) is 6.92 Å². The maximum absolute atomic E-state index is 5.71. The van der Waals surface area contributed by atoms with Gasteiger partial charge < -0.3 is 10.5 Å². The molecule has 0 spiro atoms. The van der Waals surface area contributed by atoms with Crippen LogP contribution in [-0.4, -0.2) is 23.4 Å². The zero-order valence-corrected chi connectivity index (χ0v) is 9.72. The van der Waals surface area contributed by atoms with E-state index in [1.807, 2.05) is 13.0 Å². The van der Waals surface area contributed by atoms with Crippen molar-refractivity contribution < 1.29 is 4.74 Å². The van der Waals surface area contributed by atoms with Crippen LogP contribution in [0.1, 0.15) is 18.4 Å². The van der Waals surface area contributed by atoms with Gasteiger partial charge in [0.05, 0.1) is 23.0 Å². The Balaban J connectivity index is 1.90. The molecule has 15 heavy (non-hydrogen) atoms. The second kappa shape index (κ2) is 4.86. The molecule has 1 atom stereocenters. The number of aryl methyl sites for hydroxylation is 1. The molecule has 2 heterocycles. The number of thioether (sulfide) groups is 1. The fraction of sp³-hybridized carbons (Fsp3) is 0.545. The zero-order valence-electron chi connectivity index (χ0n) is 8.90. The molecule has 0 aliphatic carbocycles. The number of nitrogen functional groups attached to an aromatic ring is 1. The van der Waals surface area contributed by atoms with Gasteiger partial charge in [-0.15, -0.1) is 11.8 Å². The highest BCUT2D eigenvalue weighted by Gasteiger charge is 2.15. The maximum atomic E-state index is 5.71. The molecule has 1 aromatic heterocycles. The minimum Gasteiger partial charge on any atom is -0.397 e. The van der Waals surface area contributed by atoms with E-state index in [9.17, 15) is 0 Å². The molecule has 1 unspecified atom stereocenters. The average Bonchev–Trinajstić information content (AvgIpc) is 2.73.